The maximum absolute atomic E-state index is 11.6. The Morgan fingerprint density at radius 3 is 2.77 bits per heavy atom. The first kappa shape index (κ1) is 16.1. The van der Waals surface area contributed by atoms with Crippen molar-refractivity contribution in [2.75, 3.05) is 13.2 Å². The molecule has 0 aliphatic rings. The summed E-state index contributed by atoms with van der Waals surface area (Å²) < 4.78 is 15.4. The van der Waals surface area contributed by atoms with Crippen molar-refractivity contribution in [3.63, 3.8) is 0 Å². The van der Waals surface area contributed by atoms with Crippen LogP contribution in [0.2, 0.25) is 0 Å². The molecule has 0 saturated carbocycles. The minimum atomic E-state index is -0.430. The van der Waals surface area contributed by atoms with Gasteiger partial charge in [0.2, 0.25) is 0 Å². The quantitative estimate of drug-likeness (QED) is 0.581. The lowest BCUT2D eigenvalue weighted by Crippen LogP contribution is -2.14. The Bertz CT molecular complexity index is 702. The molecule has 0 amide bonds. The molecule has 22 heavy (non-hydrogen) atoms. The van der Waals surface area contributed by atoms with Crippen molar-refractivity contribution in [3.8, 4) is 5.75 Å². The lowest BCUT2D eigenvalue weighted by molar-refractivity contribution is -0.145. The molecule has 2 aromatic rings. The fourth-order valence-corrected chi connectivity index (χ4v) is 2.22. The Balaban J connectivity index is 2.23. The number of carbonyl (C=O) groups is 1. The number of ether oxygens (including phenoxy) is 2. The maximum atomic E-state index is 11.6. The van der Waals surface area contributed by atoms with E-state index in [0.717, 1.165) is 30.2 Å². The molecule has 0 radical (unpaired) electrons. The molecule has 0 aliphatic carbocycles. The van der Waals surface area contributed by atoms with Crippen LogP contribution in [-0.2, 0) is 16.0 Å². The highest BCUT2D eigenvalue weighted by atomic mass is 16.6. The second-order valence-corrected chi connectivity index (χ2v) is 4.95. The Morgan fingerprint density at radius 1 is 1.23 bits per heavy atom. The predicted octanol–water partition coefficient (Wildman–Crippen LogP) is 3.08. The molecule has 0 fully saturated rings. The average Bonchev–Trinajstić information content (AvgIpc) is 2.50. The van der Waals surface area contributed by atoms with Crippen molar-refractivity contribution < 1.29 is 18.7 Å². The van der Waals surface area contributed by atoms with E-state index in [1.807, 2.05) is 6.07 Å². The van der Waals surface area contributed by atoms with Crippen LogP contribution in [0.25, 0.3) is 11.0 Å². The van der Waals surface area contributed by atoms with Crippen molar-refractivity contribution in [1.29, 1.82) is 0 Å². The molecule has 0 aliphatic heterocycles. The van der Waals surface area contributed by atoms with Crippen LogP contribution in [0.5, 0.6) is 5.75 Å². The number of benzene rings is 1. The molecule has 5 nitrogen and oxygen atoms in total. The second kappa shape index (κ2) is 7.64. The molecule has 0 unspecified atom stereocenters. The van der Waals surface area contributed by atoms with E-state index in [0.29, 0.717) is 17.9 Å². The third-order valence-corrected chi connectivity index (χ3v) is 3.26. The molecule has 118 valence electrons. The summed E-state index contributed by atoms with van der Waals surface area (Å²) in [7, 11) is 0. The van der Waals surface area contributed by atoms with Gasteiger partial charge in [-0.2, -0.15) is 0 Å². The van der Waals surface area contributed by atoms with Gasteiger partial charge in [0.1, 0.15) is 11.3 Å². The van der Waals surface area contributed by atoms with Gasteiger partial charge in [0, 0.05) is 17.5 Å². The Labute approximate surface area is 128 Å². The SMILES string of the molecule is CCCCc1cc(=O)oc2cc(OCC(=O)OCC)ccc12. The van der Waals surface area contributed by atoms with Gasteiger partial charge >= 0.3 is 11.6 Å². The molecule has 1 heterocycles. The number of esters is 1. The van der Waals surface area contributed by atoms with Crippen molar-refractivity contribution in [3.05, 3.63) is 40.2 Å². The third kappa shape index (κ3) is 4.10. The van der Waals surface area contributed by atoms with Crippen LogP contribution in [0.15, 0.2) is 33.5 Å². The van der Waals surface area contributed by atoms with Gasteiger partial charge in [0.15, 0.2) is 6.61 Å². The molecule has 2 rings (SSSR count). The summed E-state index contributed by atoms with van der Waals surface area (Å²) in [6.45, 7) is 3.99. The molecule has 0 bridgehead atoms. The van der Waals surface area contributed by atoms with Crippen LogP contribution in [0, 0.1) is 0 Å². The fraction of sp³-hybridized carbons (Fsp3) is 0.412. The normalized spacial score (nSPS) is 10.6. The molecular weight excluding hydrogens is 284 g/mol. The average molecular weight is 304 g/mol. The number of aryl methyl sites for hydroxylation is 1. The largest absolute Gasteiger partial charge is 0.482 e. The summed E-state index contributed by atoms with van der Waals surface area (Å²) in [6, 6.07) is 6.78. The minimum Gasteiger partial charge on any atom is -0.482 e. The van der Waals surface area contributed by atoms with E-state index in [1.54, 1.807) is 19.1 Å². The monoisotopic (exact) mass is 304 g/mol. The Hall–Kier alpha value is -2.30. The number of hydrogen-bond acceptors (Lipinski definition) is 5. The number of hydrogen-bond donors (Lipinski definition) is 0. The maximum Gasteiger partial charge on any atom is 0.344 e. The highest BCUT2D eigenvalue weighted by molar-refractivity contribution is 5.81. The lowest BCUT2D eigenvalue weighted by Gasteiger charge is -2.08. The van der Waals surface area contributed by atoms with Crippen LogP contribution in [0.3, 0.4) is 0 Å². The number of carbonyl (C=O) groups excluding carboxylic acids is 1. The minimum absolute atomic E-state index is 0.168. The van der Waals surface area contributed by atoms with Gasteiger partial charge in [-0.3, -0.25) is 0 Å². The Kier molecular flexibility index (Phi) is 5.58. The van der Waals surface area contributed by atoms with E-state index < -0.39 is 5.97 Å². The fourth-order valence-electron chi connectivity index (χ4n) is 2.22. The first-order chi connectivity index (χ1) is 10.6. The number of rotatable bonds is 7. The zero-order valence-corrected chi connectivity index (χ0v) is 12.9. The first-order valence-corrected chi connectivity index (χ1v) is 7.49. The van der Waals surface area contributed by atoms with E-state index in [4.69, 9.17) is 13.9 Å². The third-order valence-electron chi connectivity index (χ3n) is 3.26. The van der Waals surface area contributed by atoms with Gasteiger partial charge in [-0.1, -0.05) is 13.3 Å². The molecular formula is C17H20O5. The Morgan fingerprint density at radius 2 is 2.05 bits per heavy atom. The zero-order valence-electron chi connectivity index (χ0n) is 12.9. The van der Waals surface area contributed by atoms with Crippen molar-refractivity contribution >= 4 is 16.9 Å². The van der Waals surface area contributed by atoms with Gasteiger partial charge < -0.3 is 13.9 Å². The topological polar surface area (TPSA) is 65.7 Å². The van der Waals surface area contributed by atoms with Crippen LogP contribution < -0.4 is 10.4 Å². The molecule has 5 heteroatoms. The number of fused-ring (bicyclic) bond motifs is 1. The molecule has 0 saturated heterocycles. The second-order valence-electron chi connectivity index (χ2n) is 4.95. The number of unbranched alkanes of at least 4 members (excludes halogenated alkanes) is 1. The van der Waals surface area contributed by atoms with Gasteiger partial charge in [-0.05, 0) is 37.5 Å². The summed E-state index contributed by atoms with van der Waals surface area (Å²) in [5, 5.41) is 0.900. The summed E-state index contributed by atoms with van der Waals surface area (Å²) in [5.74, 6) is 0.0390. The van der Waals surface area contributed by atoms with Gasteiger partial charge in [-0.15, -0.1) is 0 Å². The zero-order chi connectivity index (χ0) is 15.9. The van der Waals surface area contributed by atoms with Gasteiger partial charge in [0.05, 0.1) is 6.61 Å². The van der Waals surface area contributed by atoms with E-state index in [-0.39, 0.29) is 12.2 Å². The van der Waals surface area contributed by atoms with Crippen molar-refractivity contribution in [2.45, 2.75) is 33.1 Å². The van der Waals surface area contributed by atoms with Gasteiger partial charge in [0.25, 0.3) is 0 Å². The molecule has 0 N–H and O–H groups in total. The van der Waals surface area contributed by atoms with E-state index in [1.165, 1.54) is 6.07 Å². The summed E-state index contributed by atoms with van der Waals surface area (Å²) in [4.78, 5) is 22.9. The molecule has 1 aromatic carbocycles. The highest BCUT2D eigenvalue weighted by Crippen LogP contribution is 2.23. The lowest BCUT2D eigenvalue weighted by atomic mass is 10.0. The molecule has 1 aromatic heterocycles. The van der Waals surface area contributed by atoms with E-state index in [9.17, 15) is 9.59 Å². The van der Waals surface area contributed by atoms with Crippen LogP contribution in [0.4, 0.5) is 0 Å². The van der Waals surface area contributed by atoms with Gasteiger partial charge in [-0.25, -0.2) is 9.59 Å². The highest BCUT2D eigenvalue weighted by Gasteiger charge is 2.08. The standard InChI is InChI=1S/C17H20O5/c1-3-5-6-12-9-16(18)22-15-10-13(7-8-14(12)15)21-11-17(19)20-4-2/h7-10H,3-6,11H2,1-2H3. The molecule has 0 atom stereocenters. The first-order valence-electron chi connectivity index (χ1n) is 7.49. The van der Waals surface area contributed by atoms with Crippen LogP contribution in [0.1, 0.15) is 32.3 Å². The van der Waals surface area contributed by atoms with E-state index in [2.05, 4.69) is 6.92 Å². The smallest absolute Gasteiger partial charge is 0.344 e. The van der Waals surface area contributed by atoms with Crippen LogP contribution in [-0.4, -0.2) is 19.2 Å². The summed E-state index contributed by atoms with van der Waals surface area (Å²) in [5.41, 5.74) is 1.08. The predicted molar refractivity (Wildman–Crippen MR) is 83.2 cm³/mol. The van der Waals surface area contributed by atoms with Crippen molar-refractivity contribution in [1.82, 2.24) is 0 Å². The van der Waals surface area contributed by atoms with Crippen molar-refractivity contribution in [2.24, 2.45) is 0 Å². The molecule has 0 spiro atoms. The summed E-state index contributed by atoms with van der Waals surface area (Å²) in [6.07, 6.45) is 2.91. The van der Waals surface area contributed by atoms with Crippen LogP contribution >= 0.6 is 0 Å². The summed E-state index contributed by atoms with van der Waals surface area (Å²) >= 11 is 0. The van der Waals surface area contributed by atoms with E-state index >= 15 is 0 Å².